The molecule has 0 amide bonds. The van der Waals surface area contributed by atoms with E-state index in [-0.39, 0.29) is 11.9 Å². The average Bonchev–Trinajstić information content (AvgIpc) is 2.96. The number of benzene rings is 1. The van der Waals surface area contributed by atoms with Gasteiger partial charge in [-0.25, -0.2) is 4.39 Å². The van der Waals surface area contributed by atoms with Gasteiger partial charge in [-0.2, -0.15) is 0 Å². The van der Waals surface area contributed by atoms with Gasteiger partial charge in [0.1, 0.15) is 5.82 Å². The topological polar surface area (TPSA) is 26.0 Å². The van der Waals surface area contributed by atoms with Gasteiger partial charge in [0.05, 0.1) is 4.47 Å². The molecule has 1 aromatic rings. The molecule has 1 nitrogen and oxygen atoms in total. The molecule has 0 heterocycles. The molecule has 0 spiro atoms. The van der Waals surface area contributed by atoms with Crippen LogP contribution in [0.1, 0.15) is 37.7 Å². The van der Waals surface area contributed by atoms with E-state index in [1.807, 2.05) is 12.1 Å². The van der Waals surface area contributed by atoms with Crippen LogP contribution in [0.2, 0.25) is 0 Å². The molecular formula is C16H21BrFN. The van der Waals surface area contributed by atoms with E-state index in [0.717, 1.165) is 36.2 Å². The third kappa shape index (κ3) is 3.03. The van der Waals surface area contributed by atoms with Crippen LogP contribution in [-0.2, 0) is 6.42 Å². The van der Waals surface area contributed by atoms with E-state index in [9.17, 15) is 4.39 Å². The van der Waals surface area contributed by atoms with Crippen molar-refractivity contribution in [1.82, 2.24) is 0 Å². The van der Waals surface area contributed by atoms with Gasteiger partial charge < -0.3 is 5.73 Å². The van der Waals surface area contributed by atoms with Gasteiger partial charge in [-0.3, -0.25) is 0 Å². The normalized spacial score (nSPS) is 30.8. The number of halogens is 2. The summed E-state index contributed by atoms with van der Waals surface area (Å²) in [6, 6.07) is 5.43. The minimum absolute atomic E-state index is 0.203. The summed E-state index contributed by atoms with van der Waals surface area (Å²) in [6.07, 6.45) is 7.69. The van der Waals surface area contributed by atoms with E-state index in [0.29, 0.717) is 4.47 Å². The van der Waals surface area contributed by atoms with Crippen LogP contribution in [0, 0.1) is 23.6 Å². The molecule has 104 valence electrons. The third-order valence-corrected chi connectivity index (χ3v) is 5.58. The summed E-state index contributed by atoms with van der Waals surface area (Å²) in [4.78, 5) is 0. The number of hydrogen-bond acceptors (Lipinski definition) is 1. The second kappa shape index (κ2) is 5.53. The maximum absolute atomic E-state index is 13.2. The average molecular weight is 326 g/mol. The molecule has 2 saturated carbocycles. The molecule has 2 fully saturated rings. The van der Waals surface area contributed by atoms with Gasteiger partial charge in [0.25, 0.3) is 0 Å². The van der Waals surface area contributed by atoms with E-state index in [2.05, 4.69) is 15.9 Å². The number of hydrogen-bond donors (Lipinski definition) is 1. The Balaban J connectivity index is 1.56. The predicted molar refractivity (Wildman–Crippen MR) is 79.3 cm³/mol. The van der Waals surface area contributed by atoms with Crippen molar-refractivity contribution in [2.45, 2.75) is 44.6 Å². The van der Waals surface area contributed by atoms with Crippen molar-refractivity contribution in [3.05, 3.63) is 34.1 Å². The molecule has 4 atom stereocenters. The molecule has 2 aliphatic rings. The molecule has 3 heteroatoms. The molecule has 2 bridgehead atoms. The van der Waals surface area contributed by atoms with E-state index in [1.54, 1.807) is 0 Å². The molecule has 3 rings (SSSR count). The molecule has 2 aliphatic carbocycles. The summed E-state index contributed by atoms with van der Waals surface area (Å²) >= 11 is 3.23. The lowest BCUT2D eigenvalue weighted by atomic mass is 9.83. The van der Waals surface area contributed by atoms with Crippen molar-refractivity contribution >= 4 is 15.9 Å². The van der Waals surface area contributed by atoms with Crippen molar-refractivity contribution < 1.29 is 4.39 Å². The molecule has 19 heavy (non-hydrogen) atoms. The lowest BCUT2D eigenvalue weighted by Crippen LogP contribution is -2.28. The Morgan fingerprint density at radius 3 is 2.79 bits per heavy atom. The van der Waals surface area contributed by atoms with Gasteiger partial charge in [0, 0.05) is 6.04 Å². The van der Waals surface area contributed by atoms with Crippen molar-refractivity contribution in [3.8, 4) is 0 Å². The fourth-order valence-corrected chi connectivity index (χ4v) is 4.53. The fourth-order valence-electron chi connectivity index (χ4n) is 4.11. The summed E-state index contributed by atoms with van der Waals surface area (Å²) < 4.78 is 13.7. The second-order valence-corrected chi connectivity index (χ2v) is 7.24. The maximum atomic E-state index is 13.2. The molecule has 4 unspecified atom stereocenters. The van der Waals surface area contributed by atoms with Crippen LogP contribution in [0.25, 0.3) is 0 Å². The third-order valence-electron chi connectivity index (χ3n) is 4.97. The van der Waals surface area contributed by atoms with Gasteiger partial charge in [-0.05, 0) is 83.5 Å². The zero-order valence-electron chi connectivity index (χ0n) is 11.1. The second-order valence-electron chi connectivity index (χ2n) is 6.38. The maximum Gasteiger partial charge on any atom is 0.137 e. The van der Waals surface area contributed by atoms with Gasteiger partial charge >= 0.3 is 0 Å². The quantitative estimate of drug-likeness (QED) is 0.878. The van der Waals surface area contributed by atoms with Crippen LogP contribution >= 0.6 is 15.9 Å². The molecule has 0 saturated heterocycles. The van der Waals surface area contributed by atoms with Crippen LogP contribution < -0.4 is 5.73 Å². The van der Waals surface area contributed by atoms with Gasteiger partial charge in [-0.15, -0.1) is 0 Å². The predicted octanol–water partition coefficient (Wildman–Crippen LogP) is 4.28. The number of nitrogens with two attached hydrogens (primary N) is 1. The first-order valence-electron chi connectivity index (χ1n) is 7.31. The lowest BCUT2D eigenvalue weighted by Gasteiger charge is -2.24. The summed E-state index contributed by atoms with van der Waals surface area (Å²) in [6.45, 7) is 0. The Labute approximate surface area is 122 Å². The van der Waals surface area contributed by atoms with E-state index >= 15 is 0 Å². The molecule has 0 aliphatic heterocycles. The van der Waals surface area contributed by atoms with Crippen molar-refractivity contribution in [1.29, 1.82) is 0 Å². The molecule has 1 aromatic carbocycles. The zero-order valence-corrected chi connectivity index (χ0v) is 12.7. The van der Waals surface area contributed by atoms with Crippen LogP contribution in [-0.4, -0.2) is 6.04 Å². The van der Waals surface area contributed by atoms with E-state index in [4.69, 9.17) is 5.73 Å². The Morgan fingerprint density at radius 2 is 2.16 bits per heavy atom. The summed E-state index contributed by atoms with van der Waals surface area (Å²) in [5, 5.41) is 0. The van der Waals surface area contributed by atoms with Crippen LogP contribution in [0.4, 0.5) is 4.39 Å². The van der Waals surface area contributed by atoms with Crippen molar-refractivity contribution in [3.63, 3.8) is 0 Å². The summed E-state index contributed by atoms with van der Waals surface area (Å²) in [5.41, 5.74) is 7.43. The SMILES string of the molecule is NC(Cc1ccc(F)c(Br)c1)CC1CC2CCC1C2. The molecule has 0 aromatic heterocycles. The fraction of sp³-hybridized carbons (Fsp3) is 0.625. The molecule has 0 radical (unpaired) electrons. The summed E-state index contributed by atoms with van der Waals surface area (Å²) in [5.74, 6) is 2.57. The largest absolute Gasteiger partial charge is 0.327 e. The number of fused-ring (bicyclic) bond motifs is 2. The smallest absolute Gasteiger partial charge is 0.137 e. The zero-order chi connectivity index (χ0) is 13.4. The minimum atomic E-state index is -0.203. The molecular weight excluding hydrogens is 305 g/mol. The summed E-state index contributed by atoms with van der Waals surface area (Å²) in [7, 11) is 0. The Bertz CT molecular complexity index is 462. The monoisotopic (exact) mass is 325 g/mol. The standard InChI is InChI=1S/C16H21BrFN/c17-15-8-11(2-4-16(15)18)7-14(19)9-13-6-10-1-3-12(13)5-10/h2,4,8,10,12-14H,1,3,5-7,9,19H2. The minimum Gasteiger partial charge on any atom is -0.327 e. The number of rotatable bonds is 4. The highest BCUT2D eigenvalue weighted by molar-refractivity contribution is 9.10. The Hall–Kier alpha value is -0.410. The van der Waals surface area contributed by atoms with E-state index in [1.165, 1.54) is 31.7 Å². The Kier molecular flexibility index (Phi) is 3.95. The first-order valence-corrected chi connectivity index (χ1v) is 8.10. The van der Waals surface area contributed by atoms with Gasteiger partial charge in [0.2, 0.25) is 0 Å². The van der Waals surface area contributed by atoms with Gasteiger partial charge in [0.15, 0.2) is 0 Å². The van der Waals surface area contributed by atoms with E-state index < -0.39 is 0 Å². The first-order chi connectivity index (χ1) is 9.11. The van der Waals surface area contributed by atoms with Crippen molar-refractivity contribution in [2.24, 2.45) is 23.5 Å². The van der Waals surface area contributed by atoms with Crippen LogP contribution in [0.5, 0.6) is 0 Å². The molecule has 2 N–H and O–H groups in total. The highest BCUT2D eigenvalue weighted by atomic mass is 79.9. The van der Waals surface area contributed by atoms with Crippen LogP contribution in [0.15, 0.2) is 22.7 Å². The van der Waals surface area contributed by atoms with Crippen LogP contribution in [0.3, 0.4) is 0 Å². The van der Waals surface area contributed by atoms with Crippen molar-refractivity contribution in [2.75, 3.05) is 0 Å². The first kappa shape index (κ1) is 13.6. The lowest BCUT2D eigenvalue weighted by molar-refractivity contribution is 0.294. The van der Waals surface area contributed by atoms with Gasteiger partial charge in [-0.1, -0.05) is 12.5 Å². The highest BCUT2D eigenvalue weighted by Gasteiger charge is 2.39. The highest BCUT2D eigenvalue weighted by Crippen LogP contribution is 2.49. The Morgan fingerprint density at radius 1 is 1.32 bits per heavy atom.